The molecule has 0 unspecified atom stereocenters. The van der Waals surface area contributed by atoms with Gasteiger partial charge in [-0.2, -0.15) is 15.2 Å². The van der Waals surface area contributed by atoms with Crippen molar-refractivity contribution in [3.05, 3.63) is 51.9 Å². The second-order valence-corrected chi connectivity index (χ2v) is 9.15. The van der Waals surface area contributed by atoms with E-state index in [9.17, 15) is 10.1 Å². The van der Waals surface area contributed by atoms with E-state index in [2.05, 4.69) is 37.7 Å². The van der Waals surface area contributed by atoms with Crippen LogP contribution >= 0.6 is 0 Å². The molecule has 1 aliphatic heterocycles. The Hall–Kier alpha value is -3.77. The van der Waals surface area contributed by atoms with Crippen LogP contribution in [0.2, 0.25) is 0 Å². The number of benzene rings is 1. The third kappa shape index (κ3) is 3.70. The molecule has 2 aliphatic rings. The van der Waals surface area contributed by atoms with Gasteiger partial charge >= 0.3 is 6.01 Å². The highest BCUT2D eigenvalue weighted by Gasteiger charge is 2.23. The second kappa shape index (κ2) is 8.54. The van der Waals surface area contributed by atoms with Crippen molar-refractivity contribution in [3.8, 4) is 6.07 Å². The summed E-state index contributed by atoms with van der Waals surface area (Å²) in [6.07, 6.45) is 7.81. The van der Waals surface area contributed by atoms with Crippen LogP contribution in [0, 0.1) is 11.3 Å². The van der Waals surface area contributed by atoms with Gasteiger partial charge in [0.25, 0.3) is 5.56 Å². The Morgan fingerprint density at radius 3 is 2.74 bits per heavy atom. The molecule has 4 heterocycles. The van der Waals surface area contributed by atoms with Crippen molar-refractivity contribution in [2.45, 2.75) is 50.5 Å². The van der Waals surface area contributed by atoms with Gasteiger partial charge in [-0.15, -0.1) is 0 Å². The molecule has 0 atom stereocenters. The van der Waals surface area contributed by atoms with Crippen LogP contribution in [0.3, 0.4) is 0 Å². The first-order valence-corrected chi connectivity index (χ1v) is 11.9. The topological polar surface area (TPSA) is 122 Å². The van der Waals surface area contributed by atoms with Crippen molar-refractivity contribution in [1.29, 1.82) is 5.26 Å². The maximum atomic E-state index is 13.0. The molecule has 0 amide bonds. The number of aromatic nitrogens is 4. The number of fused-ring (bicyclic) bond motifs is 2. The van der Waals surface area contributed by atoms with Gasteiger partial charge in [0.2, 0.25) is 5.95 Å². The molecule has 1 aromatic carbocycles. The van der Waals surface area contributed by atoms with Gasteiger partial charge in [-0.1, -0.05) is 18.9 Å². The predicted octanol–water partition coefficient (Wildman–Crippen LogP) is 4.13. The van der Waals surface area contributed by atoms with Gasteiger partial charge in [0, 0.05) is 17.6 Å². The fraction of sp³-hybridized carbons (Fsp3) is 0.400. The smallest absolute Gasteiger partial charge is 0.302 e. The number of nitriles is 1. The number of pyridine rings is 1. The summed E-state index contributed by atoms with van der Waals surface area (Å²) in [6, 6.07) is 10.1. The second-order valence-electron chi connectivity index (χ2n) is 9.15. The molecule has 2 N–H and O–H groups in total. The zero-order valence-corrected chi connectivity index (χ0v) is 18.8. The summed E-state index contributed by atoms with van der Waals surface area (Å²) in [5.41, 5.74) is 3.12. The van der Waals surface area contributed by atoms with Gasteiger partial charge in [0.1, 0.15) is 22.8 Å². The highest BCUT2D eigenvalue weighted by Crippen LogP contribution is 2.32. The highest BCUT2D eigenvalue weighted by atomic mass is 16.4. The molecular weight excluding hydrogens is 430 g/mol. The van der Waals surface area contributed by atoms with E-state index in [4.69, 9.17) is 4.42 Å². The summed E-state index contributed by atoms with van der Waals surface area (Å²) in [4.78, 5) is 26.6. The first kappa shape index (κ1) is 20.8. The molecule has 0 radical (unpaired) electrons. The molecule has 1 saturated heterocycles. The zero-order chi connectivity index (χ0) is 23.1. The molecule has 172 valence electrons. The van der Waals surface area contributed by atoms with Crippen LogP contribution in [0.4, 0.5) is 12.0 Å². The average molecular weight is 456 g/mol. The summed E-state index contributed by atoms with van der Waals surface area (Å²) in [7, 11) is 0. The van der Waals surface area contributed by atoms with Gasteiger partial charge in [-0.3, -0.25) is 14.7 Å². The van der Waals surface area contributed by atoms with Crippen LogP contribution in [0.5, 0.6) is 0 Å². The van der Waals surface area contributed by atoms with Crippen molar-refractivity contribution in [3.63, 3.8) is 0 Å². The Kier molecular flexibility index (Phi) is 5.23. The third-order valence-electron chi connectivity index (χ3n) is 7.02. The number of nitrogens with zero attached hydrogens (tertiary/aromatic N) is 5. The number of rotatable bonds is 4. The van der Waals surface area contributed by atoms with Crippen molar-refractivity contribution in [2.24, 2.45) is 0 Å². The molecule has 1 aliphatic carbocycles. The summed E-state index contributed by atoms with van der Waals surface area (Å²) in [5.74, 6) is 0.835. The van der Waals surface area contributed by atoms with Crippen LogP contribution in [0.1, 0.15) is 61.6 Å². The molecular formula is C25H25N7O2. The van der Waals surface area contributed by atoms with Crippen molar-refractivity contribution in [1.82, 2.24) is 24.8 Å². The predicted molar refractivity (Wildman–Crippen MR) is 128 cm³/mol. The number of anilines is 2. The fourth-order valence-electron chi connectivity index (χ4n) is 5.26. The van der Waals surface area contributed by atoms with E-state index in [-0.39, 0.29) is 17.2 Å². The first-order valence-electron chi connectivity index (χ1n) is 11.9. The standard InChI is InChI=1S/C25H25N7O2/c26-13-17-11-18-14-28-24(30-22(18)32(23(17)33)19-3-1-2-4-19)31-25-29-20-12-16(5-6-21(20)34-25)15-7-9-27-10-8-15/h5-6,11-12,14-15,19,27H,1-4,7-10H2,(H,28,29,30,31). The number of nitrogens with one attached hydrogen (secondary N) is 2. The molecule has 1 saturated carbocycles. The first-order chi connectivity index (χ1) is 16.7. The number of hydrogen-bond acceptors (Lipinski definition) is 8. The fourth-order valence-corrected chi connectivity index (χ4v) is 5.26. The number of oxazole rings is 1. The van der Waals surface area contributed by atoms with E-state index in [0.29, 0.717) is 34.5 Å². The van der Waals surface area contributed by atoms with E-state index in [1.54, 1.807) is 16.8 Å². The normalized spacial score (nSPS) is 17.4. The molecule has 34 heavy (non-hydrogen) atoms. The molecule has 9 nitrogen and oxygen atoms in total. The number of piperidine rings is 1. The quantitative estimate of drug-likeness (QED) is 0.471. The SMILES string of the molecule is N#Cc1cc2cnc(Nc3nc4cc(C5CCNCC5)ccc4o3)nc2n(C2CCCC2)c1=O. The third-order valence-corrected chi connectivity index (χ3v) is 7.02. The average Bonchev–Trinajstić information content (AvgIpc) is 3.53. The van der Waals surface area contributed by atoms with E-state index in [1.807, 2.05) is 12.1 Å². The zero-order valence-electron chi connectivity index (χ0n) is 18.8. The Bertz CT molecular complexity index is 1470. The summed E-state index contributed by atoms with van der Waals surface area (Å²) in [6.45, 7) is 2.07. The van der Waals surface area contributed by atoms with Crippen LogP contribution < -0.4 is 16.2 Å². The Labute approximate surface area is 195 Å². The molecule has 3 aromatic heterocycles. The van der Waals surface area contributed by atoms with Crippen LogP contribution in [-0.2, 0) is 0 Å². The molecule has 2 fully saturated rings. The summed E-state index contributed by atoms with van der Waals surface area (Å²) < 4.78 is 7.56. The molecule has 9 heteroatoms. The van der Waals surface area contributed by atoms with Crippen LogP contribution in [0.15, 0.2) is 39.7 Å². The maximum absolute atomic E-state index is 13.0. The molecule has 6 rings (SSSR count). The van der Waals surface area contributed by atoms with Gasteiger partial charge in [-0.05, 0) is 68.5 Å². The lowest BCUT2D eigenvalue weighted by atomic mass is 9.90. The molecule has 0 spiro atoms. The summed E-state index contributed by atoms with van der Waals surface area (Å²) in [5, 5.41) is 16.6. The largest absolute Gasteiger partial charge is 0.423 e. The van der Waals surface area contributed by atoms with Crippen LogP contribution in [0.25, 0.3) is 22.1 Å². The minimum absolute atomic E-state index is 0.0452. The van der Waals surface area contributed by atoms with Crippen molar-refractivity contribution in [2.75, 3.05) is 18.4 Å². The number of hydrogen-bond donors (Lipinski definition) is 2. The monoisotopic (exact) mass is 455 g/mol. The minimum Gasteiger partial charge on any atom is -0.423 e. The minimum atomic E-state index is -0.293. The van der Waals surface area contributed by atoms with Gasteiger partial charge in [-0.25, -0.2) is 4.98 Å². The molecule has 0 bridgehead atoms. The van der Waals surface area contributed by atoms with E-state index < -0.39 is 0 Å². The van der Waals surface area contributed by atoms with Crippen molar-refractivity contribution < 1.29 is 4.42 Å². The Morgan fingerprint density at radius 1 is 1.12 bits per heavy atom. The van der Waals surface area contributed by atoms with Crippen molar-refractivity contribution >= 4 is 34.1 Å². The van der Waals surface area contributed by atoms with Gasteiger partial charge in [0.15, 0.2) is 5.58 Å². The lowest BCUT2D eigenvalue weighted by molar-refractivity contribution is 0.460. The Morgan fingerprint density at radius 2 is 1.94 bits per heavy atom. The van der Waals surface area contributed by atoms with E-state index in [0.717, 1.165) is 57.1 Å². The van der Waals surface area contributed by atoms with Gasteiger partial charge in [0.05, 0.1) is 0 Å². The highest BCUT2D eigenvalue weighted by molar-refractivity contribution is 5.78. The lowest BCUT2D eigenvalue weighted by Gasteiger charge is -2.22. The molecule has 4 aromatic rings. The van der Waals surface area contributed by atoms with E-state index >= 15 is 0 Å². The summed E-state index contributed by atoms with van der Waals surface area (Å²) >= 11 is 0. The maximum Gasteiger partial charge on any atom is 0.302 e. The Balaban J connectivity index is 1.35. The van der Waals surface area contributed by atoms with Crippen LogP contribution in [-0.4, -0.2) is 32.6 Å². The van der Waals surface area contributed by atoms with Gasteiger partial charge < -0.3 is 9.73 Å². The lowest BCUT2D eigenvalue weighted by Crippen LogP contribution is -2.26. The van der Waals surface area contributed by atoms with E-state index in [1.165, 1.54) is 5.56 Å².